The predicted octanol–water partition coefficient (Wildman–Crippen LogP) is 1.65. The van der Waals surface area contributed by atoms with Crippen LogP contribution >= 0.6 is 21.6 Å². The van der Waals surface area contributed by atoms with Crippen LogP contribution in [0.25, 0.3) is 0 Å². The van der Waals surface area contributed by atoms with Gasteiger partial charge in [-0.1, -0.05) is 21.6 Å². The fourth-order valence-corrected chi connectivity index (χ4v) is 4.28. The standard InChI is InChI=1S/C16H17N3O6S2/c1-17-15(22)6-7-18(10-21)16-14(8-12(9-20)25-16)27-26-13-4-2-11(3-5-13)19(23)24/h2-8,10,12,16,20H,9H2,1H3,(H,17,22)/b7-6-. The number of nitrogens with one attached hydrogen (secondary N) is 1. The number of aliphatic hydroxyl groups excluding tert-OH is 1. The largest absolute Gasteiger partial charge is 0.393 e. The van der Waals surface area contributed by atoms with Crippen LogP contribution in [0.15, 0.2) is 52.4 Å². The maximum absolute atomic E-state index is 11.4. The van der Waals surface area contributed by atoms with Gasteiger partial charge in [-0.05, 0) is 18.2 Å². The highest BCUT2D eigenvalue weighted by atomic mass is 33.1. The Labute approximate surface area is 163 Å². The summed E-state index contributed by atoms with van der Waals surface area (Å²) in [5.41, 5.74) is -0.00236. The van der Waals surface area contributed by atoms with Gasteiger partial charge in [0.05, 0.1) is 11.5 Å². The molecule has 2 atom stereocenters. The summed E-state index contributed by atoms with van der Waals surface area (Å²) in [4.78, 5) is 35.6. The summed E-state index contributed by atoms with van der Waals surface area (Å²) in [6, 6.07) is 6.04. The number of non-ortho nitro benzene ring substituents is 1. The van der Waals surface area contributed by atoms with Crippen molar-refractivity contribution in [1.82, 2.24) is 10.2 Å². The number of nitrogens with zero attached hydrogens (tertiary/aromatic N) is 2. The van der Waals surface area contributed by atoms with Gasteiger partial charge in [-0.3, -0.25) is 24.6 Å². The normalized spacial score (nSPS) is 19.0. The molecule has 1 aliphatic heterocycles. The summed E-state index contributed by atoms with van der Waals surface area (Å²) in [5, 5.41) is 22.4. The average Bonchev–Trinajstić information content (AvgIpc) is 3.10. The molecule has 0 saturated heterocycles. The summed E-state index contributed by atoms with van der Waals surface area (Å²) in [6.07, 6.45) is 3.34. The van der Waals surface area contributed by atoms with Crippen LogP contribution in [0.2, 0.25) is 0 Å². The molecular formula is C16H17N3O6S2. The van der Waals surface area contributed by atoms with E-state index in [0.717, 1.165) is 4.90 Å². The fourth-order valence-electron chi connectivity index (χ4n) is 2.04. The van der Waals surface area contributed by atoms with Crippen molar-refractivity contribution in [3.63, 3.8) is 0 Å². The lowest BCUT2D eigenvalue weighted by Gasteiger charge is -2.23. The van der Waals surface area contributed by atoms with E-state index in [2.05, 4.69) is 5.32 Å². The maximum atomic E-state index is 11.4. The van der Waals surface area contributed by atoms with Crippen LogP contribution in [0.1, 0.15) is 0 Å². The van der Waals surface area contributed by atoms with E-state index in [-0.39, 0.29) is 18.2 Å². The molecule has 9 nitrogen and oxygen atoms in total. The lowest BCUT2D eigenvalue weighted by Crippen LogP contribution is -2.33. The lowest BCUT2D eigenvalue weighted by molar-refractivity contribution is -0.384. The van der Waals surface area contributed by atoms with Crippen LogP contribution in [0.4, 0.5) is 5.69 Å². The first kappa shape index (κ1) is 21.0. The van der Waals surface area contributed by atoms with Crippen molar-refractivity contribution >= 4 is 39.6 Å². The van der Waals surface area contributed by atoms with Crippen molar-refractivity contribution in [2.24, 2.45) is 0 Å². The molecule has 1 aliphatic rings. The van der Waals surface area contributed by atoms with E-state index in [9.17, 15) is 24.8 Å². The zero-order chi connectivity index (χ0) is 19.8. The molecule has 1 heterocycles. The highest BCUT2D eigenvalue weighted by molar-refractivity contribution is 8.78. The third-order valence-corrected chi connectivity index (χ3v) is 5.88. The van der Waals surface area contributed by atoms with Gasteiger partial charge in [0, 0.05) is 41.3 Å². The molecule has 0 radical (unpaired) electrons. The van der Waals surface area contributed by atoms with Gasteiger partial charge in [0.1, 0.15) is 6.10 Å². The minimum absolute atomic E-state index is 0.00236. The molecule has 0 saturated carbocycles. The molecule has 0 bridgehead atoms. The first-order valence-corrected chi connectivity index (χ1v) is 9.83. The number of carbonyl (C=O) groups excluding carboxylic acids is 2. The van der Waals surface area contributed by atoms with Gasteiger partial charge in [0.15, 0.2) is 6.23 Å². The van der Waals surface area contributed by atoms with E-state index >= 15 is 0 Å². The Morgan fingerprint density at radius 1 is 1.41 bits per heavy atom. The number of nitro benzene ring substituents is 1. The van der Waals surface area contributed by atoms with Crippen molar-refractivity contribution in [3.05, 3.63) is 57.6 Å². The first-order valence-electron chi connectivity index (χ1n) is 7.68. The minimum Gasteiger partial charge on any atom is -0.393 e. The molecule has 0 fully saturated rings. The number of hydrogen-bond acceptors (Lipinski definition) is 8. The van der Waals surface area contributed by atoms with Crippen LogP contribution < -0.4 is 5.32 Å². The molecule has 11 heteroatoms. The molecule has 27 heavy (non-hydrogen) atoms. The minimum atomic E-state index is -0.781. The summed E-state index contributed by atoms with van der Waals surface area (Å²) in [7, 11) is 4.09. The zero-order valence-corrected chi connectivity index (χ0v) is 15.8. The van der Waals surface area contributed by atoms with E-state index in [0.29, 0.717) is 11.3 Å². The second kappa shape index (κ2) is 10.1. The molecule has 2 N–H and O–H groups in total. The smallest absolute Gasteiger partial charge is 0.269 e. The fraction of sp³-hybridized carbons (Fsp3) is 0.250. The highest BCUT2D eigenvalue weighted by Gasteiger charge is 2.31. The number of ether oxygens (including phenoxy) is 1. The number of benzene rings is 1. The third-order valence-electron chi connectivity index (χ3n) is 3.40. The summed E-state index contributed by atoms with van der Waals surface area (Å²) in [6.45, 7) is -0.255. The lowest BCUT2D eigenvalue weighted by atomic mass is 10.3. The maximum Gasteiger partial charge on any atom is 0.269 e. The number of amides is 2. The second-order valence-electron chi connectivity index (χ2n) is 5.18. The van der Waals surface area contributed by atoms with E-state index in [1.165, 1.54) is 57.9 Å². The molecule has 1 aromatic carbocycles. The zero-order valence-electron chi connectivity index (χ0n) is 14.2. The Hall–Kier alpha value is -2.34. The van der Waals surface area contributed by atoms with Gasteiger partial charge in [0.25, 0.3) is 5.69 Å². The van der Waals surface area contributed by atoms with Gasteiger partial charge in [-0.15, -0.1) is 0 Å². The van der Waals surface area contributed by atoms with E-state index in [1.807, 2.05) is 0 Å². The first-order chi connectivity index (χ1) is 13.0. The van der Waals surface area contributed by atoms with Crippen LogP contribution in [-0.2, 0) is 14.3 Å². The number of rotatable bonds is 9. The molecule has 0 aromatic heterocycles. The van der Waals surface area contributed by atoms with E-state index in [1.54, 1.807) is 18.2 Å². The van der Waals surface area contributed by atoms with Gasteiger partial charge in [-0.25, -0.2) is 0 Å². The molecular weight excluding hydrogens is 394 g/mol. The Morgan fingerprint density at radius 3 is 2.67 bits per heavy atom. The van der Waals surface area contributed by atoms with Crippen molar-refractivity contribution in [1.29, 1.82) is 0 Å². The molecule has 2 rings (SSSR count). The van der Waals surface area contributed by atoms with Gasteiger partial charge < -0.3 is 15.2 Å². The van der Waals surface area contributed by atoms with Crippen LogP contribution in [0.5, 0.6) is 0 Å². The van der Waals surface area contributed by atoms with Gasteiger partial charge >= 0.3 is 0 Å². The number of aliphatic hydroxyl groups is 1. The molecule has 1 aromatic rings. The Kier molecular flexibility index (Phi) is 7.85. The van der Waals surface area contributed by atoms with Crippen LogP contribution in [0.3, 0.4) is 0 Å². The summed E-state index contributed by atoms with van der Waals surface area (Å²) >= 11 is 0. The summed E-state index contributed by atoms with van der Waals surface area (Å²) < 4.78 is 5.63. The topological polar surface area (TPSA) is 122 Å². The Balaban J connectivity index is 2.08. The van der Waals surface area contributed by atoms with Crippen LogP contribution in [0, 0.1) is 10.1 Å². The highest BCUT2D eigenvalue weighted by Crippen LogP contribution is 2.42. The van der Waals surface area contributed by atoms with E-state index in [4.69, 9.17) is 4.74 Å². The Bertz CT molecular complexity index is 753. The number of nitro groups is 1. The van der Waals surface area contributed by atoms with Crippen molar-refractivity contribution < 1.29 is 24.4 Å². The monoisotopic (exact) mass is 411 g/mol. The van der Waals surface area contributed by atoms with Crippen LogP contribution in [-0.4, -0.2) is 53.2 Å². The molecule has 0 aliphatic carbocycles. The molecule has 0 spiro atoms. The number of carbonyl (C=O) groups is 2. The van der Waals surface area contributed by atoms with Gasteiger partial charge in [0.2, 0.25) is 12.3 Å². The van der Waals surface area contributed by atoms with Gasteiger partial charge in [-0.2, -0.15) is 0 Å². The van der Waals surface area contributed by atoms with Crippen molar-refractivity contribution in [2.75, 3.05) is 13.7 Å². The third kappa shape index (κ3) is 5.82. The van der Waals surface area contributed by atoms with E-state index < -0.39 is 17.3 Å². The quantitative estimate of drug-likeness (QED) is 0.207. The number of likely N-dealkylation sites (N-methyl/N-ethyl adjacent to an activating group) is 1. The van der Waals surface area contributed by atoms with Crippen molar-refractivity contribution in [3.8, 4) is 0 Å². The van der Waals surface area contributed by atoms with Crippen molar-refractivity contribution in [2.45, 2.75) is 17.2 Å². The molecule has 144 valence electrons. The SMILES string of the molecule is CNC(=O)/C=C\N(C=O)C1OC(CO)C=C1SSc1ccc([N+](=O)[O-])cc1. The Morgan fingerprint density at radius 2 is 2.11 bits per heavy atom. The molecule has 2 amide bonds. The summed E-state index contributed by atoms with van der Waals surface area (Å²) in [5.74, 6) is -0.378. The number of hydrogen-bond donors (Lipinski definition) is 2. The average molecular weight is 411 g/mol. The molecule has 2 unspecified atom stereocenters. The predicted molar refractivity (Wildman–Crippen MR) is 101 cm³/mol. The second-order valence-corrected chi connectivity index (χ2v) is 7.45.